The number of hydrogen-bond acceptors (Lipinski definition) is 6. The SMILES string of the molecule is CCc1nc(NC2CCOC(c3cncn3C)C2)c2ccsc2n1. The molecule has 0 saturated carbocycles. The fourth-order valence-electron chi connectivity index (χ4n) is 3.17. The third-order valence-electron chi connectivity index (χ3n) is 4.50. The van der Waals surface area contributed by atoms with Gasteiger partial charge in [-0.05, 0) is 24.3 Å². The topological polar surface area (TPSA) is 64.9 Å². The highest BCUT2D eigenvalue weighted by atomic mass is 32.1. The maximum Gasteiger partial charge on any atom is 0.138 e. The van der Waals surface area contributed by atoms with Gasteiger partial charge in [-0.15, -0.1) is 11.3 Å². The van der Waals surface area contributed by atoms with Crippen LogP contribution in [-0.2, 0) is 18.2 Å². The Hall–Kier alpha value is -1.99. The normalized spacial score (nSPS) is 21.2. The molecule has 0 aliphatic carbocycles. The standard InChI is InChI=1S/C17H21N5OS/c1-3-15-20-16(12-5-7-24-17(12)21-15)19-11-4-6-23-14(8-11)13-9-18-10-22(13)2/h5,7,9-11,14H,3-4,6,8H2,1-2H3,(H,19,20,21). The maximum atomic E-state index is 5.96. The molecule has 1 N–H and O–H groups in total. The molecule has 3 aromatic rings. The second-order valence-corrected chi connectivity index (χ2v) is 7.03. The highest BCUT2D eigenvalue weighted by Crippen LogP contribution is 2.31. The average Bonchev–Trinajstić information content (AvgIpc) is 3.23. The number of imidazole rings is 1. The van der Waals surface area contributed by atoms with Crippen molar-refractivity contribution in [3.63, 3.8) is 0 Å². The second kappa shape index (κ2) is 6.49. The zero-order chi connectivity index (χ0) is 16.5. The number of hydrogen-bond donors (Lipinski definition) is 1. The number of thiophene rings is 1. The molecule has 7 heteroatoms. The monoisotopic (exact) mass is 343 g/mol. The van der Waals surface area contributed by atoms with Gasteiger partial charge in [-0.3, -0.25) is 0 Å². The molecule has 24 heavy (non-hydrogen) atoms. The van der Waals surface area contributed by atoms with Gasteiger partial charge >= 0.3 is 0 Å². The number of aromatic nitrogens is 4. The van der Waals surface area contributed by atoms with Crippen LogP contribution in [0.1, 0.15) is 37.4 Å². The predicted octanol–water partition coefficient (Wildman–Crippen LogP) is 3.32. The summed E-state index contributed by atoms with van der Waals surface area (Å²) in [5.41, 5.74) is 1.12. The van der Waals surface area contributed by atoms with Gasteiger partial charge in [0, 0.05) is 26.1 Å². The van der Waals surface area contributed by atoms with E-state index in [1.54, 1.807) is 11.3 Å². The van der Waals surface area contributed by atoms with Crippen molar-refractivity contribution in [3.05, 3.63) is 35.5 Å². The first-order valence-electron chi connectivity index (χ1n) is 8.33. The van der Waals surface area contributed by atoms with E-state index in [-0.39, 0.29) is 6.10 Å². The average molecular weight is 343 g/mol. The molecule has 2 unspecified atom stereocenters. The summed E-state index contributed by atoms with van der Waals surface area (Å²) < 4.78 is 7.99. The van der Waals surface area contributed by atoms with E-state index in [1.807, 2.05) is 24.1 Å². The fraction of sp³-hybridized carbons (Fsp3) is 0.471. The number of nitrogens with zero attached hydrogens (tertiary/aromatic N) is 4. The fourth-order valence-corrected chi connectivity index (χ4v) is 3.96. The van der Waals surface area contributed by atoms with Gasteiger partial charge in [0.2, 0.25) is 0 Å². The van der Waals surface area contributed by atoms with E-state index in [2.05, 4.69) is 33.7 Å². The molecule has 126 valence electrons. The van der Waals surface area contributed by atoms with Gasteiger partial charge in [-0.2, -0.15) is 0 Å². The van der Waals surface area contributed by atoms with Crippen molar-refractivity contribution in [2.75, 3.05) is 11.9 Å². The summed E-state index contributed by atoms with van der Waals surface area (Å²) in [6, 6.07) is 2.43. The van der Waals surface area contributed by atoms with Crippen LogP contribution < -0.4 is 5.32 Å². The lowest BCUT2D eigenvalue weighted by Crippen LogP contribution is -2.31. The molecule has 4 heterocycles. The molecule has 1 fully saturated rings. The highest BCUT2D eigenvalue weighted by molar-refractivity contribution is 7.16. The molecular formula is C17H21N5OS. The van der Waals surface area contributed by atoms with E-state index in [0.717, 1.165) is 53.4 Å². The Kier molecular flexibility index (Phi) is 4.20. The lowest BCUT2D eigenvalue weighted by Gasteiger charge is -2.30. The van der Waals surface area contributed by atoms with E-state index in [1.165, 1.54) is 0 Å². The van der Waals surface area contributed by atoms with Gasteiger partial charge in [-0.25, -0.2) is 15.0 Å². The smallest absolute Gasteiger partial charge is 0.138 e. The van der Waals surface area contributed by atoms with Crippen molar-refractivity contribution < 1.29 is 4.74 Å². The molecule has 1 aliphatic heterocycles. The molecule has 0 aromatic carbocycles. The lowest BCUT2D eigenvalue weighted by molar-refractivity contribution is 0.00556. The minimum absolute atomic E-state index is 0.0780. The molecule has 1 saturated heterocycles. The second-order valence-electron chi connectivity index (χ2n) is 6.14. The summed E-state index contributed by atoms with van der Waals surface area (Å²) in [4.78, 5) is 14.6. The van der Waals surface area contributed by atoms with Crippen LogP contribution in [0, 0.1) is 0 Å². The first-order valence-corrected chi connectivity index (χ1v) is 9.21. The van der Waals surface area contributed by atoms with E-state index >= 15 is 0 Å². The van der Waals surface area contributed by atoms with E-state index < -0.39 is 0 Å². The predicted molar refractivity (Wildman–Crippen MR) is 95.3 cm³/mol. The molecule has 3 aromatic heterocycles. The molecule has 4 rings (SSSR count). The van der Waals surface area contributed by atoms with Gasteiger partial charge in [0.05, 0.1) is 23.6 Å². The van der Waals surface area contributed by atoms with Crippen LogP contribution in [0.4, 0.5) is 5.82 Å². The van der Waals surface area contributed by atoms with Gasteiger partial charge in [0.25, 0.3) is 0 Å². The third-order valence-corrected chi connectivity index (χ3v) is 5.30. The molecule has 6 nitrogen and oxygen atoms in total. The van der Waals surface area contributed by atoms with Crippen LogP contribution >= 0.6 is 11.3 Å². The molecule has 0 bridgehead atoms. The lowest BCUT2D eigenvalue weighted by atomic mass is 10.0. The summed E-state index contributed by atoms with van der Waals surface area (Å²) >= 11 is 1.67. The Morgan fingerprint density at radius 1 is 1.42 bits per heavy atom. The number of nitrogens with one attached hydrogen (secondary N) is 1. The van der Waals surface area contributed by atoms with Gasteiger partial charge < -0.3 is 14.6 Å². The first kappa shape index (κ1) is 15.5. The Balaban J connectivity index is 1.57. The minimum Gasteiger partial charge on any atom is -0.372 e. The van der Waals surface area contributed by atoms with E-state index in [0.29, 0.717) is 6.04 Å². The zero-order valence-electron chi connectivity index (χ0n) is 13.9. The zero-order valence-corrected chi connectivity index (χ0v) is 14.7. The molecule has 2 atom stereocenters. The Morgan fingerprint density at radius 2 is 2.33 bits per heavy atom. The summed E-state index contributed by atoms with van der Waals surface area (Å²) in [5, 5.41) is 6.83. The van der Waals surface area contributed by atoms with Crippen LogP contribution in [0.2, 0.25) is 0 Å². The largest absolute Gasteiger partial charge is 0.372 e. The molecule has 1 aliphatic rings. The summed E-state index contributed by atoms with van der Waals surface area (Å²) in [5.74, 6) is 1.84. The minimum atomic E-state index is 0.0780. The quantitative estimate of drug-likeness (QED) is 0.787. The van der Waals surface area contributed by atoms with Gasteiger partial charge in [-0.1, -0.05) is 6.92 Å². The molecular weight excluding hydrogens is 322 g/mol. The van der Waals surface area contributed by atoms with Crippen molar-refractivity contribution in [2.45, 2.75) is 38.3 Å². The molecule has 0 amide bonds. The number of fused-ring (bicyclic) bond motifs is 1. The van der Waals surface area contributed by atoms with Crippen molar-refractivity contribution in [2.24, 2.45) is 7.05 Å². The Morgan fingerprint density at radius 3 is 3.12 bits per heavy atom. The Labute approximate surface area is 144 Å². The van der Waals surface area contributed by atoms with Gasteiger partial charge in [0.1, 0.15) is 22.6 Å². The third kappa shape index (κ3) is 2.89. The van der Waals surface area contributed by atoms with Crippen LogP contribution in [0.15, 0.2) is 24.0 Å². The summed E-state index contributed by atoms with van der Waals surface area (Å²) in [6.07, 6.45) is 6.52. The molecule has 0 spiro atoms. The van der Waals surface area contributed by atoms with Crippen LogP contribution in [-0.4, -0.2) is 32.2 Å². The maximum absolute atomic E-state index is 5.96. The first-order chi connectivity index (χ1) is 11.7. The van der Waals surface area contributed by atoms with Crippen molar-refractivity contribution in [1.29, 1.82) is 0 Å². The highest BCUT2D eigenvalue weighted by Gasteiger charge is 2.26. The van der Waals surface area contributed by atoms with Crippen molar-refractivity contribution in [3.8, 4) is 0 Å². The van der Waals surface area contributed by atoms with E-state index in [4.69, 9.17) is 9.72 Å². The van der Waals surface area contributed by atoms with Crippen molar-refractivity contribution >= 4 is 27.4 Å². The number of anilines is 1. The van der Waals surface area contributed by atoms with Crippen LogP contribution in [0.3, 0.4) is 0 Å². The number of rotatable bonds is 4. The number of aryl methyl sites for hydroxylation is 2. The van der Waals surface area contributed by atoms with E-state index in [9.17, 15) is 0 Å². The van der Waals surface area contributed by atoms with Gasteiger partial charge in [0.15, 0.2) is 0 Å². The molecule has 0 radical (unpaired) electrons. The Bertz CT molecular complexity index is 842. The summed E-state index contributed by atoms with van der Waals surface area (Å²) in [6.45, 7) is 2.83. The number of ether oxygens (including phenoxy) is 1. The van der Waals surface area contributed by atoms with Crippen molar-refractivity contribution in [1.82, 2.24) is 19.5 Å². The van der Waals surface area contributed by atoms with Crippen LogP contribution in [0.5, 0.6) is 0 Å². The van der Waals surface area contributed by atoms with Crippen LogP contribution in [0.25, 0.3) is 10.2 Å². The summed E-state index contributed by atoms with van der Waals surface area (Å²) in [7, 11) is 2.01.